The van der Waals surface area contributed by atoms with Gasteiger partial charge in [-0.1, -0.05) is 6.92 Å². The number of thioether (sulfide) groups is 1. The molecule has 2 unspecified atom stereocenters. The number of carbonyl (C=O) groups is 1. The highest BCUT2D eigenvalue weighted by Gasteiger charge is 2.24. The van der Waals surface area contributed by atoms with Gasteiger partial charge >= 0.3 is 0 Å². The molecule has 2 saturated heterocycles. The zero-order valence-electron chi connectivity index (χ0n) is 10.1. The molecule has 0 bridgehead atoms. The van der Waals surface area contributed by atoms with Gasteiger partial charge in [-0.3, -0.25) is 4.79 Å². The Kier molecular flexibility index (Phi) is 4.53. The zero-order chi connectivity index (χ0) is 11.4. The highest BCUT2D eigenvalue weighted by Crippen LogP contribution is 2.18. The van der Waals surface area contributed by atoms with Crippen molar-refractivity contribution in [2.24, 2.45) is 5.92 Å². The molecule has 3 nitrogen and oxygen atoms in total. The van der Waals surface area contributed by atoms with Gasteiger partial charge in [0.15, 0.2) is 0 Å². The second-order valence-corrected chi connectivity index (χ2v) is 6.17. The maximum absolute atomic E-state index is 12.1. The average molecular weight is 242 g/mol. The van der Waals surface area contributed by atoms with Gasteiger partial charge in [0.1, 0.15) is 0 Å². The SMILES string of the molecule is CC1CCCN(C(=O)CC2CSCCN2)C1. The van der Waals surface area contributed by atoms with Crippen molar-refractivity contribution in [2.45, 2.75) is 32.2 Å². The average Bonchev–Trinajstić information content (AvgIpc) is 2.30. The minimum atomic E-state index is 0.353. The van der Waals surface area contributed by atoms with Crippen molar-refractivity contribution in [3.8, 4) is 0 Å². The number of hydrogen-bond donors (Lipinski definition) is 1. The number of amides is 1. The Bertz CT molecular complexity index is 241. The van der Waals surface area contributed by atoms with E-state index in [0.717, 1.165) is 25.4 Å². The summed E-state index contributed by atoms with van der Waals surface area (Å²) in [6, 6.07) is 0.406. The molecule has 1 N–H and O–H groups in total. The maximum atomic E-state index is 12.1. The van der Waals surface area contributed by atoms with Gasteiger partial charge in [0.2, 0.25) is 5.91 Å². The molecule has 0 saturated carbocycles. The Labute approximate surface area is 102 Å². The number of nitrogens with zero attached hydrogens (tertiary/aromatic N) is 1. The van der Waals surface area contributed by atoms with E-state index in [0.29, 0.717) is 24.3 Å². The Morgan fingerprint density at radius 2 is 2.44 bits per heavy atom. The quantitative estimate of drug-likeness (QED) is 0.793. The Balaban J connectivity index is 1.77. The third-order valence-electron chi connectivity index (χ3n) is 3.43. The summed E-state index contributed by atoms with van der Waals surface area (Å²) in [5.74, 6) is 3.32. The lowest BCUT2D eigenvalue weighted by Gasteiger charge is -2.32. The minimum absolute atomic E-state index is 0.353. The van der Waals surface area contributed by atoms with Crippen LogP contribution in [0.25, 0.3) is 0 Å². The Morgan fingerprint density at radius 1 is 1.56 bits per heavy atom. The number of rotatable bonds is 2. The summed E-state index contributed by atoms with van der Waals surface area (Å²) in [4.78, 5) is 14.2. The van der Waals surface area contributed by atoms with Crippen LogP contribution in [0, 0.1) is 5.92 Å². The first kappa shape index (κ1) is 12.2. The molecule has 2 atom stereocenters. The van der Waals surface area contributed by atoms with Crippen molar-refractivity contribution in [1.29, 1.82) is 0 Å². The smallest absolute Gasteiger partial charge is 0.224 e. The molecule has 92 valence electrons. The fourth-order valence-corrected chi connectivity index (χ4v) is 3.46. The number of hydrogen-bond acceptors (Lipinski definition) is 3. The van der Waals surface area contributed by atoms with Gasteiger partial charge in [-0.05, 0) is 18.8 Å². The van der Waals surface area contributed by atoms with Crippen molar-refractivity contribution in [3.63, 3.8) is 0 Å². The van der Waals surface area contributed by atoms with E-state index >= 15 is 0 Å². The molecule has 4 heteroatoms. The standard InChI is InChI=1S/C12H22N2OS/c1-10-3-2-5-14(8-10)12(15)7-11-9-16-6-4-13-11/h10-11,13H,2-9H2,1H3. The first-order valence-electron chi connectivity index (χ1n) is 6.34. The fraction of sp³-hybridized carbons (Fsp3) is 0.917. The molecule has 0 spiro atoms. The van der Waals surface area contributed by atoms with E-state index in [-0.39, 0.29) is 0 Å². The zero-order valence-corrected chi connectivity index (χ0v) is 10.9. The van der Waals surface area contributed by atoms with Crippen LogP contribution in [-0.4, -0.2) is 48.0 Å². The monoisotopic (exact) mass is 242 g/mol. The van der Waals surface area contributed by atoms with Crippen molar-refractivity contribution in [3.05, 3.63) is 0 Å². The summed E-state index contributed by atoms with van der Waals surface area (Å²) in [5, 5.41) is 3.43. The number of nitrogens with one attached hydrogen (secondary N) is 1. The van der Waals surface area contributed by atoms with E-state index in [9.17, 15) is 4.79 Å². The Morgan fingerprint density at radius 3 is 3.12 bits per heavy atom. The van der Waals surface area contributed by atoms with Gasteiger partial charge in [0.25, 0.3) is 0 Å². The number of carbonyl (C=O) groups excluding carboxylic acids is 1. The van der Waals surface area contributed by atoms with Crippen LogP contribution >= 0.6 is 11.8 Å². The van der Waals surface area contributed by atoms with Crippen LogP contribution in [0.4, 0.5) is 0 Å². The van der Waals surface area contributed by atoms with Crippen LogP contribution in [0.2, 0.25) is 0 Å². The van der Waals surface area contributed by atoms with E-state index in [1.54, 1.807) is 0 Å². The molecule has 2 aliphatic heterocycles. The first-order valence-corrected chi connectivity index (χ1v) is 7.50. The normalized spacial score (nSPS) is 31.4. The summed E-state index contributed by atoms with van der Waals surface area (Å²) in [5.41, 5.74) is 0. The molecule has 0 aliphatic carbocycles. The molecular formula is C12H22N2OS. The number of piperidine rings is 1. The summed E-state index contributed by atoms with van der Waals surface area (Å²) in [6.45, 7) is 5.24. The van der Waals surface area contributed by atoms with E-state index in [1.165, 1.54) is 18.6 Å². The lowest BCUT2D eigenvalue weighted by Crippen LogP contribution is -2.45. The molecule has 2 heterocycles. The van der Waals surface area contributed by atoms with Crippen LogP contribution in [0.1, 0.15) is 26.2 Å². The third kappa shape index (κ3) is 3.39. The van der Waals surface area contributed by atoms with Gasteiger partial charge in [0.05, 0.1) is 0 Å². The highest BCUT2D eigenvalue weighted by molar-refractivity contribution is 7.99. The van der Waals surface area contributed by atoms with E-state index in [2.05, 4.69) is 17.1 Å². The molecule has 2 rings (SSSR count). The van der Waals surface area contributed by atoms with E-state index < -0.39 is 0 Å². The summed E-state index contributed by atoms with van der Waals surface area (Å²) in [6.07, 6.45) is 3.15. The molecule has 2 fully saturated rings. The van der Waals surface area contributed by atoms with Crippen LogP contribution in [0.3, 0.4) is 0 Å². The fourth-order valence-electron chi connectivity index (χ4n) is 2.51. The van der Waals surface area contributed by atoms with E-state index in [4.69, 9.17) is 0 Å². The van der Waals surface area contributed by atoms with Gasteiger partial charge in [-0.15, -0.1) is 0 Å². The topological polar surface area (TPSA) is 32.3 Å². The van der Waals surface area contributed by atoms with Crippen LogP contribution in [-0.2, 0) is 4.79 Å². The summed E-state index contributed by atoms with van der Waals surface area (Å²) in [7, 11) is 0. The second kappa shape index (κ2) is 5.92. The van der Waals surface area contributed by atoms with E-state index in [1.807, 2.05) is 11.8 Å². The van der Waals surface area contributed by atoms with Gasteiger partial charge in [-0.25, -0.2) is 0 Å². The largest absolute Gasteiger partial charge is 0.342 e. The van der Waals surface area contributed by atoms with Crippen LogP contribution < -0.4 is 5.32 Å². The summed E-state index contributed by atoms with van der Waals surface area (Å²) >= 11 is 1.96. The van der Waals surface area contributed by atoms with Gasteiger partial charge in [-0.2, -0.15) is 11.8 Å². The van der Waals surface area contributed by atoms with Crippen molar-refractivity contribution in [2.75, 3.05) is 31.1 Å². The molecule has 0 aromatic rings. The minimum Gasteiger partial charge on any atom is -0.342 e. The van der Waals surface area contributed by atoms with Gasteiger partial charge < -0.3 is 10.2 Å². The van der Waals surface area contributed by atoms with Crippen molar-refractivity contribution in [1.82, 2.24) is 10.2 Å². The van der Waals surface area contributed by atoms with Crippen molar-refractivity contribution >= 4 is 17.7 Å². The molecule has 1 amide bonds. The van der Waals surface area contributed by atoms with Crippen LogP contribution in [0.15, 0.2) is 0 Å². The lowest BCUT2D eigenvalue weighted by atomic mass is 10.00. The molecule has 0 aromatic heterocycles. The second-order valence-electron chi connectivity index (χ2n) is 5.02. The molecule has 2 aliphatic rings. The Hall–Kier alpha value is -0.220. The highest BCUT2D eigenvalue weighted by atomic mass is 32.2. The third-order valence-corrected chi connectivity index (χ3v) is 4.56. The first-order chi connectivity index (χ1) is 7.75. The summed E-state index contributed by atoms with van der Waals surface area (Å²) < 4.78 is 0. The molecular weight excluding hydrogens is 220 g/mol. The van der Waals surface area contributed by atoms with Gasteiger partial charge in [0, 0.05) is 43.6 Å². The molecule has 0 radical (unpaired) electrons. The predicted molar refractivity (Wildman–Crippen MR) is 68.7 cm³/mol. The van der Waals surface area contributed by atoms with Crippen molar-refractivity contribution < 1.29 is 4.79 Å². The predicted octanol–water partition coefficient (Wildman–Crippen LogP) is 1.34. The number of likely N-dealkylation sites (tertiary alicyclic amines) is 1. The molecule has 0 aromatic carbocycles. The molecule has 16 heavy (non-hydrogen) atoms. The maximum Gasteiger partial charge on any atom is 0.224 e. The van der Waals surface area contributed by atoms with Crippen LogP contribution in [0.5, 0.6) is 0 Å². The lowest BCUT2D eigenvalue weighted by molar-refractivity contribution is -0.133.